The molecule has 1 unspecified atom stereocenters. The minimum absolute atomic E-state index is 0.274. The second-order valence-electron chi connectivity index (χ2n) is 4.98. The zero-order valence-corrected chi connectivity index (χ0v) is 13.6. The van der Waals surface area contributed by atoms with Crippen molar-refractivity contribution in [2.75, 3.05) is 5.32 Å². The predicted octanol–water partition coefficient (Wildman–Crippen LogP) is 3.44. The molecular formula is C15H19N3S2. The fourth-order valence-corrected chi connectivity index (χ4v) is 3.44. The Morgan fingerprint density at radius 1 is 1.40 bits per heavy atom. The van der Waals surface area contributed by atoms with Crippen molar-refractivity contribution in [1.82, 2.24) is 4.98 Å². The van der Waals surface area contributed by atoms with Gasteiger partial charge in [0.25, 0.3) is 0 Å². The van der Waals surface area contributed by atoms with Crippen molar-refractivity contribution in [2.45, 2.75) is 33.2 Å². The molecule has 1 atom stereocenters. The third-order valence-corrected chi connectivity index (χ3v) is 4.32. The predicted molar refractivity (Wildman–Crippen MR) is 90.7 cm³/mol. The minimum Gasteiger partial charge on any atom is -0.389 e. The van der Waals surface area contributed by atoms with Crippen LogP contribution < -0.4 is 11.1 Å². The van der Waals surface area contributed by atoms with Crippen LogP contribution in [0, 0.1) is 13.8 Å². The fraction of sp³-hybridized carbons (Fsp3) is 0.333. The monoisotopic (exact) mass is 305 g/mol. The van der Waals surface area contributed by atoms with Crippen molar-refractivity contribution >= 4 is 34.4 Å². The third-order valence-electron chi connectivity index (χ3n) is 3.09. The van der Waals surface area contributed by atoms with E-state index in [1.807, 2.05) is 24.3 Å². The Kier molecular flexibility index (Phi) is 4.73. The molecule has 2 aromatic rings. The number of hydrogen-bond acceptors (Lipinski definition) is 4. The minimum atomic E-state index is 0.274. The largest absolute Gasteiger partial charge is 0.389 e. The van der Waals surface area contributed by atoms with E-state index in [1.165, 1.54) is 9.75 Å². The van der Waals surface area contributed by atoms with Gasteiger partial charge in [0.05, 0.1) is 5.56 Å². The van der Waals surface area contributed by atoms with E-state index in [9.17, 15) is 0 Å². The summed E-state index contributed by atoms with van der Waals surface area (Å²) in [7, 11) is 0. The summed E-state index contributed by atoms with van der Waals surface area (Å²) in [6.07, 6.45) is 2.74. The number of rotatable bonds is 5. The Morgan fingerprint density at radius 2 is 2.15 bits per heavy atom. The van der Waals surface area contributed by atoms with Gasteiger partial charge in [-0.2, -0.15) is 0 Å². The highest BCUT2D eigenvalue weighted by molar-refractivity contribution is 7.80. The Balaban J connectivity index is 2.13. The Morgan fingerprint density at radius 3 is 2.75 bits per heavy atom. The molecule has 0 aliphatic carbocycles. The molecule has 3 N–H and O–H groups in total. The molecule has 0 amide bonds. The van der Waals surface area contributed by atoms with Crippen LogP contribution in [0.1, 0.15) is 27.8 Å². The number of pyridine rings is 1. The Labute approximate surface area is 129 Å². The van der Waals surface area contributed by atoms with Crippen LogP contribution in [-0.2, 0) is 6.42 Å². The van der Waals surface area contributed by atoms with Crippen molar-refractivity contribution in [1.29, 1.82) is 0 Å². The lowest BCUT2D eigenvalue weighted by molar-refractivity contribution is 0.794. The maximum absolute atomic E-state index is 5.80. The molecule has 0 saturated heterocycles. The summed E-state index contributed by atoms with van der Waals surface area (Å²) in [6.45, 7) is 6.26. The number of aromatic nitrogens is 1. The molecule has 0 bridgehead atoms. The third kappa shape index (κ3) is 3.55. The molecule has 20 heavy (non-hydrogen) atoms. The van der Waals surface area contributed by atoms with Crippen LogP contribution in [0.2, 0.25) is 0 Å². The van der Waals surface area contributed by atoms with Crippen LogP contribution in [0.3, 0.4) is 0 Å². The molecule has 0 aliphatic rings. The van der Waals surface area contributed by atoms with Crippen LogP contribution in [0.4, 0.5) is 5.82 Å². The topological polar surface area (TPSA) is 50.9 Å². The summed E-state index contributed by atoms with van der Waals surface area (Å²) in [5.74, 6) is 0.776. The standard InChI is InChI=1S/C15H19N3S2/c1-9-6-7-17-15(13(9)14(16)19)18-10(2)8-12-5-4-11(3)20-12/h4-7,10H,8H2,1-3H3,(H2,16,19)(H,17,18). The van der Waals surface area contributed by atoms with Gasteiger partial charge in [0.2, 0.25) is 0 Å². The van der Waals surface area contributed by atoms with Gasteiger partial charge in [0.1, 0.15) is 10.8 Å². The van der Waals surface area contributed by atoms with Gasteiger partial charge in [-0.05, 0) is 44.5 Å². The van der Waals surface area contributed by atoms with E-state index in [0.29, 0.717) is 4.99 Å². The molecule has 0 fully saturated rings. The van der Waals surface area contributed by atoms with Gasteiger partial charge in [-0.1, -0.05) is 12.2 Å². The first-order valence-electron chi connectivity index (χ1n) is 6.54. The quantitative estimate of drug-likeness (QED) is 0.831. The highest BCUT2D eigenvalue weighted by Gasteiger charge is 2.13. The maximum Gasteiger partial charge on any atom is 0.136 e. The second-order valence-corrected chi connectivity index (χ2v) is 6.79. The normalized spacial score (nSPS) is 12.2. The molecule has 2 heterocycles. The van der Waals surface area contributed by atoms with Crippen LogP contribution >= 0.6 is 23.6 Å². The highest BCUT2D eigenvalue weighted by atomic mass is 32.1. The zero-order valence-electron chi connectivity index (χ0n) is 11.9. The lowest BCUT2D eigenvalue weighted by atomic mass is 10.1. The van der Waals surface area contributed by atoms with Crippen LogP contribution in [0.15, 0.2) is 24.4 Å². The summed E-state index contributed by atoms with van der Waals surface area (Å²) in [5, 5.41) is 3.42. The van der Waals surface area contributed by atoms with Crippen molar-refractivity contribution in [3.8, 4) is 0 Å². The first kappa shape index (κ1) is 14.9. The van der Waals surface area contributed by atoms with E-state index in [2.05, 4.69) is 36.3 Å². The molecule has 2 aromatic heterocycles. The Hall–Kier alpha value is -1.46. The smallest absolute Gasteiger partial charge is 0.136 e. The molecule has 5 heteroatoms. The number of nitrogens with one attached hydrogen (secondary N) is 1. The van der Waals surface area contributed by atoms with E-state index in [4.69, 9.17) is 18.0 Å². The van der Waals surface area contributed by atoms with E-state index in [0.717, 1.165) is 23.4 Å². The maximum atomic E-state index is 5.80. The number of aryl methyl sites for hydroxylation is 2. The van der Waals surface area contributed by atoms with E-state index < -0.39 is 0 Å². The number of thiophene rings is 1. The summed E-state index contributed by atoms with van der Waals surface area (Å²) in [4.78, 5) is 7.46. The number of nitrogens with two attached hydrogens (primary N) is 1. The molecule has 0 spiro atoms. The number of nitrogens with zero attached hydrogens (tertiary/aromatic N) is 1. The highest BCUT2D eigenvalue weighted by Crippen LogP contribution is 2.20. The lowest BCUT2D eigenvalue weighted by Gasteiger charge is -2.17. The molecule has 0 saturated carbocycles. The SMILES string of the molecule is Cc1ccc(CC(C)Nc2nccc(C)c2C(N)=S)s1. The van der Waals surface area contributed by atoms with Crippen LogP contribution in [0.5, 0.6) is 0 Å². The molecule has 3 nitrogen and oxygen atoms in total. The number of hydrogen-bond donors (Lipinski definition) is 2. The second kappa shape index (κ2) is 6.33. The molecule has 2 rings (SSSR count). The van der Waals surface area contributed by atoms with Gasteiger partial charge in [-0.3, -0.25) is 0 Å². The van der Waals surface area contributed by atoms with Gasteiger partial charge < -0.3 is 11.1 Å². The van der Waals surface area contributed by atoms with Gasteiger partial charge in [0, 0.05) is 28.4 Å². The summed E-state index contributed by atoms with van der Waals surface area (Å²) in [5.41, 5.74) is 7.69. The Bertz CT molecular complexity index is 619. The molecule has 106 valence electrons. The lowest BCUT2D eigenvalue weighted by Crippen LogP contribution is -2.22. The average Bonchev–Trinajstić information content (AvgIpc) is 2.74. The van der Waals surface area contributed by atoms with Crippen LogP contribution in [0.25, 0.3) is 0 Å². The van der Waals surface area contributed by atoms with Crippen molar-refractivity contribution in [3.63, 3.8) is 0 Å². The van der Waals surface area contributed by atoms with Crippen molar-refractivity contribution in [2.24, 2.45) is 5.73 Å². The van der Waals surface area contributed by atoms with Gasteiger partial charge in [-0.15, -0.1) is 11.3 Å². The summed E-state index contributed by atoms with van der Waals surface area (Å²) < 4.78 is 0. The number of anilines is 1. The van der Waals surface area contributed by atoms with E-state index in [1.54, 1.807) is 6.20 Å². The summed E-state index contributed by atoms with van der Waals surface area (Å²) in [6, 6.07) is 6.52. The number of thiocarbonyl (C=S) groups is 1. The fourth-order valence-electron chi connectivity index (χ4n) is 2.16. The van der Waals surface area contributed by atoms with E-state index >= 15 is 0 Å². The molecular weight excluding hydrogens is 286 g/mol. The van der Waals surface area contributed by atoms with Gasteiger partial charge in [0.15, 0.2) is 0 Å². The summed E-state index contributed by atoms with van der Waals surface area (Å²) >= 11 is 6.95. The molecule has 0 radical (unpaired) electrons. The van der Waals surface area contributed by atoms with Crippen molar-refractivity contribution in [3.05, 3.63) is 45.3 Å². The first-order chi connectivity index (χ1) is 9.47. The average molecular weight is 305 g/mol. The zero-order chi connectivity index (χ0) is 14.7. The van der Waals surface area contributed by atoms with Crippen LogP contribution in [-0.4, -0.2) is 16.0 Å². The first-order valence-corrected chi connectivity index (χ1v) is 7.77. The van der Waals surface area contributed by atoms with Crippen molar-refractivity contribution < 1.29 is 0 Å². The molecule has 0 aliphatic heterocycles. The van der Waals surface area contributed by atoms with Gasteiger partial charge >= 0.3 is 0 Å². The van der Waals surface area contributed by atoms with E-state index in [-0.39, 0.29) is 6.04 Å². The van der Waals surface area contributed by atoms with Gasteiger partial charge in [-0.25, -0.2) is 4.98 Å². The molecule has 0 aromatic carbocycles.